The summed E-state index contributed by atoms with van der Waals surface area (Å²) in [5.74, 6) is 6.31. The van der Waals surface area contributed by atoms with Crippen LogP contribution >= 0.6 is 0 Å². The maximum absolute atomic E-state index is 15.2. The van der Waals surface area contributed by atoms with Crippen LogP contribution in [-0.4, -0.2) is 0 Å². The predicted octanol–water partition coefficient (Wildman–Crippen LogP) is 8.40. The first-order valence-electron chi connectivity index (χ1n) is 12.3. The van der Waals surface area contributed by atoms with E-state index in [-0.39, 0.29) is 5.82 Å². The summed E-state index contributed by atoms with van der Waals surface area (Å²) in [5.41, 5.74) is 6.44. The zero-order valence-electron chi connectivity index (χ0n) is 20.2. The van der Waals surface area contributed by atoms with E-state index < -0.39 is 0 Å². The van der Waals surface area contributed by atoms with Crippen LogP contribution in [0.1, 0.15) is 46.2 Å². The molecule has 0 amide bonds. The molecule has 0 N–H and O–H groups in total. The first-order chi connectivity index (χ1) is 17.2. The minimum atomic E-state index is -0.125. The maximum atomic E-state index is 15.2. The molecular weight excluding hydrogens is 427 g/mol. The molecule has 1 heteroatoms. The van der Waals surface area contributed by atoms with Crippen molar-refractivity contribution in [2.24, 2.45) is 0 Å². The van der Waals surface area contributed by atoms with Crippen molar-refractivity contribution in [1.82, 2.24) is 0 Å². The third-order valence-electron chi connectivity index (χ3n) is 6.32. The van der Waals surface area contributed by atoms with Crippen LogP contribution in [-0.2, 0) is 25.7 Å². The van der Waals surface area contributed by atoms with Gasteiger partial charge in [-0.2, -0.15) is 0 Å². The van der Waals surface area contributed by atoms with Crippen molar-refractivity contribution in [3.63, 3.8) is 0 Å². The first-order valence-corrected chi connectivity index (χ1v) is 12.3. The fourth-order valence-corrected chi connectivity index (χ4v) is 4.20. The molecule has 0 saturated heterocycles. The van der Waals surface area contributed by atoms with Crippen molar-refractivity contribution in [3.05, 3.63) is 143 Å². The molecule has 0 unspecified atom stereocenters. The van der Waals surface area contributed by atoms with Gasteiger partial charge in [-0.05, 0) is 90.4 Å². The molecule has 35 heavy (non-hydrogen) atoms. The average molecular weight is 459 g/mol. The lowest BCUT2D eigenvalue weighted by Gasteiger charge is -2.08. The van der Waals surface area contributed by atoms with E-state index in [1.165, 1.54) is 16.7 Å². The third kappa shape index (κ3) is 6.58. The Morgan fingerprint density at radius 2 is 1.14 bits per heavy atom. The van der Waals surface area contributed by atoms with Gasteiger partial charge >= 0.3 is 0 Å². The summed E-state index contributed by atoms with van der Waals surface area (Å²) in [6, 6.07) is 26.6. The van der Waals surface area contributed by atoms with Crippen LogP contribution in [0.2, 0.25) is 0 Å². The van der Waals surface area contributed by atoms with Gasteiger partial charge in [0.25, 0.3) is 0 Å². The topological polar surface area (TPSA) is 0 Å². The number of benzene rings is 4. The van der Waals surface area contributed by atoms with Gasteiger partial charge in [-0.1, -0.05) is 78.6 Å². The molecule has 0 fully saturated rings. The van der Waals surface area contributed by atoms with E-state index in [4.69, 9.17) is 0 Å². The molecule has 0 aromatic heterocycles. The lowest BCUT2D eigenvalue weighted by atomic mass is 9.98. The molecule has 174 valence electrons. The Kier molecular flexibility index (Phi) is 8.31. The Hall–Kier alpha value is -3.89. The maximum Gasteiger partial charge on any atom is 0.134 e. The van der Waals surface area contributed by atoms with Crippen LogP contribution in [0.25, 0.3) is 10.8 Å². The number of hydrogen-bond donors (Lipinski definition) is 0. The molecule has 0 saturated carbocycles. The quantitative estimate of drug-likeness (QED) is 0.174. The monoisotopic (exact) mass is 458 g/mol. The van der Waals surface area contributed by atoms with Crippen molar-refractivity contribution < 1.29 is 4.39 Å². The van der Waals surface area contributed by atoms with Crippen LogP contribution in [0, 0.1) is 17.7 Å². The van der Waals surface area contributed by atoms with Gasteiger partial charge in [0, 0.05) is 16.5 Å². The van der Waals surface area contributed by atoms with E-state index in [9.17, 15) is 0 Å². The van der Waals surface area contributed by atoms with Gasteiger partial charge < -0.3 is 0 Å². The van der Waals surface area contributed by atoms with Crippen LogP contribution in [0.15, 0.2) is 104 Å². The van der Waals surface area contributed by atoms with E-state index in [1.807, 2.05) is 54.6 Å². The minimum Gasteiger partial charge on any atom is -0.206 e. The van der Waals surface area contributed by atoms with Gasteiger partial charge in [-0.15, -0.1) is 13.2 Å². The first kappa shape index (κ1) is 24.2. The van der Waals surface area contributed by atoms with Gasteiger partial charge in [0.2, 0.25) is 0 Å². The normalized spacial score (nSPS) is 10.5. The summed E-state index contributed by atoms with van der Waals surface area (Å²) in [6.45, 7) is 7.55. The van der Waals surface area contributed by atoms with Gasteiger partial charge in [0.1, 0.15) is 5.82 Å². The lowest BCUT2D eigenvalue weighted by molar-refractivity contribution is 0.620. The van der Waals surface area contributed by atoms with E-state index in [0.717, 1.165) is 54.2 Å². The van der Waals surface area contributed by atoms with Crippen molar-refractivity contribution in [2.75, 3.05) is 0 Å². The van der Waals surface area contributed by atoms with Crippen molar-refractivity contribution in [2.45, 2.75) is 38.5 Å². The highest BCUT2D eigenvalue weighted by Crippen LogP contribution is 2.24. The number of allylic oxidation sites excluding steroid dienone is 2. The number of rotatable bonds is 9. The summed E-state index contributed by atoms with van der Waals surface area (Å²) in [6.07, 6.45) is 9.34. The SMILES string of the molecule is C=CCCc1ccc(C#Cc2ccc3c(F)c(CCc4ccc(CCC=C)cc4)ccc3c2)cc1. The molecule has 0 heterocycles. The highest BCUT2D eigenvalue weighted by molar-refractivity contribution is 5.85. The summed E-state index contributed by atoms with van der Waals surface area (Å²) in [5, 5.41) is 1.53. The van der Waals surface area contributed by atoms with Gasteiger partial charge in [0.15, 0.2) is 0 Å². The summed E-state index contributed by atoms with van der Waals surface area (Å²) < 4.78 is 15.2. The Balaban J connectivity index is 1.43. The number of aryl methyl sites for hydroxylation is 4. The fraction of sp³-hybridized carbons (Fsp3) is 0.176. The van der Waals surface area contributed by atoms with Crippen molar-refractivity contribution >= 4 is 10.8 Å². The Morgan fingerprint density at radius 3 is 1.77 bits per heavy atom. The van der Waals surface area contributed by atoms with E-state index in [1.54, 1.807) is 0 Å². The largest absolute Gasteiger partial charge is 0.206 e. The van der Waals surface area contributed by atoms with Crippen molar-refractivity contribution in [3.8, 4) is 11.8 Å². The second-order valence-corrected chi connectivity index (χ2v) is 8.89. The smallest absolute Gasteiger partial charge is 0.134 e. The zero-order chi connectivity index (χ0) is 24.5. The van der Waals surface area contributed by atoms with Gasteiger partial charge in [0.05, 0.1) is 0 Å². The molecule has 0 atom stereocenters. The van der Waals surface area contributed by atoms with Crippen LogP contribution in [0.5, 0.6) is 0 Å². The summed E-state index contributed by atoms with van der Waals surface area (Å²) >= 11 is 0. The standard InChI is InChI=1S/C34H31F/c1-3-5-7-26-9-13-28(14-10-26)17-18-30-20-24-33-32(25-30)23-22-31(34(33)35)21-19-29-15-11-27(12-16-29)8-6-4-2/h3-4,9-16,20,22-25H,1-2,5-8,19,21H2. The van der Waals surface area contributed by atoms with Crippen LogP contribution < -0.4 is 0 Å². The second-order valence-electron chi connectivity index (χ2n) is 8.89. The Labute approximate surface area is 208 Å². The second kappa shape index (κ2) is 12.0. The number of halogens is 1. The van der Waals surface area contributed by atoms with E-state index in [2.05, 4.69) is 61.4 Å². The Bertz CT molecular complexity index is 1360. The predicted molar refractivity (Wildman–Crippen MR) is 147 cm³/mol. The van der Waals surface area contributed by atoms with Crippen LogP contribution in [0.3, 0.4) is 0 Å². The summed E-state index contributed by atoms with van der Waals surface area (Å²) in [4.78, 5) is 0. The molecule has 0 aliphatic rings. The van der Waals surface area contributed by atoms with E-state index >= 15 is 4.39 Å². The molecule has 4 rings (SSSR count). The average Bonchev–Trinajstić information content (AvgIpc) is 2.90. The molecule has 0 spiro atoms. The highest BCUT2D eigenvalue weighted by atomic mass is 19.1. The van der Waals surface area contributed by atoms with E-state index in [0.29, 0.717) is 11.8 Å². The molecular formula is C34H31F. The van der Waals surface area contributed by atoms with Crippen molar-refractivity contribution in [1.29, 1.82) is 0 Å². The highest BCUT2D eigenvalue weighted by Gasteiger charge is 2.08. The van der Waals surface area contributed by atoms with Crippen LogP contribution in [0.4, 0.5) is 4.39 Å². The summed E-state index contributed by atoms with van der Waals surface area (Å²) in [7, 11) is 0. The fourth-order valence-electron chi connectivity index (χ4n) is 4.20. The molecule has 0 bridgehead atoms. The molecule has 4 aromatic carbocycles. The molecule has 4 aromatic rings. The molecule has 0 aliphatic heterocycles. The van der Waals surface area contributed by atoms with Gasteiger partial charge in [-0.3, -0.25) is 0 Å². The third-order valence-corrected chi connectivity index (χ3v) is 6.32. The number of hydrogen-bond acceptors (Lipinski definition) is 0. The van der Waals surface area contributed by atoms with Gasteiger partial charge in [-0.25, -0.2) is 4.39 Å². The lowest BCUT2D eigenvalue weighted by Crippen LogP contribution is -1.96. The number of fused-ring (bicyclic) bond motifs is 1. The molecule has 0 aliphatic carbocycles. The zero-order valence-corrected chi connectivity index (χ0v) is 20.2. The minimum absolute atomic E-state index is 0.125. The molecule has 0 nitrogen and oxygen atoms in total. The Morgan fingerprint density at radius 1 is 0.600 bits per heavy atom. The molecule has 0 radical (unpaired) electrons.